The van der Waals surface area contributed by atoms with Gasteiger partial charge in [-0.05, 0) is 44.2 Å². The van der Waals surface area contributed by atoms with Crippen LogP contribution in [0.5, 0.6) is 5.75 Å². The number of aryl methyl sites for hydroxylation is 2. The summed E-state index contributed by atoms with van der Waals surface area (Å²) in [5, 5.41) is 15.2. The molecule has 0 spiro atoms. The first kappa shape index (κ1) is 21.9. The van der Waals surface area contributed by atoms with Crippen LogP contribution in [0.2, 0.25) is 0 Å². The first-order chi connectivity index (χ1) is 15.6. The van der Waals surface area contributed by atoms with Gasteiger partial charge in [-0.25, -0.2) is 15.0 Å². The van der Waals surface area contributed by atoms with Crippen molar-refractivity contribution in [1.82, 2.24) is 30.4 Å². The molecule has 170 valence electrons. The molecule has 1 aromatic carbocycles. The topological polar surface area (TPSA) is 101 Å². The molecule has 3 aromatic rings. The molecule has 4 rings (SSSR count). The molecule has 1 aliphatic rings. The van der Waals surface area contributed by atoms with Crippen LogP contribution in [0.25, 0.3) is 11.0 Å². The quantitative estimate of drug-likeness (QED) is 0.255. The predicted octanol–water partition coefficient (Wildman–Crippen LogP) is 2.63. The third-order valence-electron chi connectivity index (χ3n) is 5.39. The second-order valence-electron chi connectivity index (χ2n) is 8.14. The second-order valence-corrected chi connectivity index (χ2v) is 8.14. The number of aromatic nitrogens is 4. The highest BCUT2D eigenvalue weighted by Gasteiger charge is 2.22. The Morgan fingerprint density at radius 1 is 1.22 bits per heavy atom. The van der Waals surface area contributed by atoms with Crippen LogP contribution in [0.15, 0.2) is 35.7 Å². The largest absolute Gasteiger partial charge is 0.493 e. The molecule has 2 aromatic heterocycles. The van der Waals surface area contributed by atoms with Crippen molar-refractivity contribution in [2.45, 2.75) is 33.2 Å². The zero-order chi connectivity index (χ0) is 22.3. The van der Waals surface area contributed by atoms with Gasteiger partial charge in [-0.1, -0.05) is 12.1 Å². The lowest BCUT2D eigenvalue weighted by molar-refractivity contribution is 0.296. The van der Waals surface area contributed by atoms with Crippen LogP contribution in [0.1, 0.15) is 30.9 Å². The number of nitrogens with one attached hydrogen (secondary N) is 3. The normalized spacial score (nSPS) is 13.9. The molecule has 1 fully saturated rings. The number of guanidine groups is 1. The van der Waals surface area contributed by atoms with Crippen molar-refractivity contribution in [3.05, 3.63) is 41.9 Å². The number of hydrogen-bond acceptors (Lipinski definition) is 6. The highest BCUT2D eigenvalue weighted by atomic mass is 16.5. The standard InChI is InChI=1S/C23H32N8O/c1-4-24-23(26-10-9-25-21-19-13-30-31(3)22(19)29-15-28-21)27-12-18-8-5-16(2)11-20(18)32-14-17-6-7-17/h5,8,11,13,15,17H,4,6-7,9-10,12,14H2,1-3H3,(H2,24,26,27)(H,25,28,29). The molecule has 9 heteroatoms. The first-order valence-electron chi connectivity index (χ1n) is 11.2. The SMILES string of the molecule is CCNC(=NCc1ccc(C)cc1OCC1CC1)NCCNc1ncnc2c1cnn2C. The van der Waals surface area contributed by atoms with Gasteiger partial charge in [-0.3, -0.25) is 4.68 Å². The van der Waals surface area contributed by atoms with Gasteiger partial charge in [0.2, 0.25) is 0 Å². The minimum atomic E-state index is 0.561. The number of aliphatic imine (C=N–C) groups is 1. The summed E-state index contributed by atoms with van der Waals surface area (Å²) in [6.45, 7) is 7.68. The van der Waals surface area contributed by atoms with E-state index in [1.54, 1.807) is 17.2 Å². The summed E-state index contributed by atoms with van der Waals surface area (Å²) in [4.78, 5) is 13.4. The number of hydrogen-bond donors (Lipinski definition) is 3. The van der Waals surface area contributed by atoms with E-state index in [2.05, 4.69) is 63.1 Å². The summed E-state index contributed by atoms with van der Waals surface area (Å²) >= 11 is 0. The summed E-state index contributed by atoms with van der Waals surface area (Å²) in [5.74, 6) is 3.23. The molecule has 1 aliphatic carbocycles. The molecule has 32 heavy (non-hydrogen) atoms. The molecule has 9 nitrogen and oxygen atoms in total. The summed E-state index contributed by atoms with van der Waals surface area (Å²) in [7, 11) is 1.87. The van der Waals surface area contributed by atoms with E-state index in [9.17, 15) is 0 Å². The van der Waals surface area contributed by atoms with Crippen molar-refractivity contribution >= 4 is 22.8 Å². The number of rotatable bonds is 10. The summed E-state index contributed by atoms with van der Waals surface area (Å²) < 4.78 is 7.82. The van der Waals surface area contributed by atoms with Gasteiger partial charge < -0.3 is 20.7 Å². The molecular formula is C23H32N8O. The minimum absolute atomic E-state index is 0.561. The monoisotopic (exact) mass is 436 g/mol. The Balaban J connectivity index is 1.33. The Morgan fingerprint density at radius 2 is 2.09 bits per heavy atom. The van der Waals surface area contributed by atoms with Crippen LogP contribution in [0.4, 0.5) is 5.82 Å². The van der Waals surface area contributed by atoms with Crippen LogP contribution in [-0.2, 0) is 13.6 Å². The Kier molecular flexibility index (Phi) is 7.03. The number of benzene rings is 1. The number of fused-ring (bicyclic) bond motifs is 1. The number of anilines is 1. The van der Waals surface area contributed by atoms with E-state index >= 15 is 0 Å². The molecule has 0 bridgehead atoms. The summed E-state index contributed by atoms with van der Waals surface area (Å²) in [5.41, 5.74) is 3.11. The van der Waals surface area contributed by atoms with Gasteiger partial charge >= 0.3 is 0 Å². The maximum absolute atomic E-state index is 6.08. The van der Waals surface area contributed by atoms with E-state index in [1.165, 1.54) is 18.4 Å². The fourth-order valence-electron chi connectivity index (χ4n) is 3.39. The van der Waals surface area contributed by atoms with Crippen LogP contribution in [-0.4, -0.2) is 51.9 Å². The van der Waals surface area contributed by atoms with E-state index < -0.39 is 0 Å². The smallest absolute Gasteiger partial charge is 0.191 e. The van der Waals surface area contributed by atoms with Gasteiger partial charge in [0.1, 0.15) is 17.9 Å². The lowest BCUT2D eigenvalue weighted by atomic mass is 10.1. The van der Waals surface area contributed by atoms with Gasteiger partial charge in [-0.2, -0.15) is 5.10 Å². The fourth-order valence-corrected chi connectivity index (χ4v) is 3.39. The highest BCUT2D eigenvalue weighted by molar-refractivity contribution is 5.86. The lowest BCUT2D eigenvalue weighted by Gasteiger charge is -2.14. The summed E-state index contributed by atoms with van der Waals surface area (Å²) in [6, 6.07) is 6.33. The van der Waals surface area contributed by atoms with E-state index in [0.717, 1.165) is 53.2 Å². The maximum Gasteiger partial charge on any atom is 0.191 e. The summed E-state index contributed by atoms with van der Waals surface area (Å²) in [6.07, 6.45) is 5.89. The van der Waals surface area contributed by atoms with Gasteiger partial charge in [0.15, 0.2) is 11.6 Å². The fraction of sp³-hybridized carbons (Fsp3) is 0.478. The Hall–Kier alpha value is -3.36. The Labute approximate surface area is 188 Å². The molecule has 1 saturated carbocycles. The van der Waals surface area contributed by atoms with Crippen LogP contribution < -0.4 is 20.7 Å². The molecular weight excluding hydrogens is 404 g/mol. The zero-order valence-electron chi connectivity index (χ0n) is 19.1. The zero-order valence-corrected chi connectivity index (χ0v) is 19.1. The molecule has 0 aliphatic heterocycles. The minimum Gasteiger partial charge on any atom is -0.493 e. The van der Waals surface area contributed by atoms with E-state index in [0.29, 0.717) is 19.6 Å². The van der Waals surface area contributed by atoms with Crippen LogP contribution >= 0.6 is 0 Å². The molecule has 2 heterocycles. The average Bonchev–Trinajstić information content (AvgIpc) is 3.55. The average molecular weight is 437 g/mol. The van der Waals surface area contributed by atoms with Gasteiger partial charge in [0.25, 0.3) is 0 Å². The first-order valence-corrected chi connectivity index (χ1v) is 11.2. The number of ether oxygens (including phenoxy) is 1. The van der Waals surface area contributed by atoms with Crippen LogP contribution in [0, 0.1) is 12.8 Å². The molecule has 0 unspecified atom stereocenters. The van der Waals surface area contributed by atoms with Gasteiger partial charge in [0.05, 0.1) is 24.7 Å². The molecule has 0 saturated heterocycles. The number of nitrogens with zero attached hydrogens (tertiary/aromatic N) is 5. The predicted molar refractivity (Wildman–Crippen MR) is 127 cm³/mol. The third kappa shape index (κ3) is 5.66. The van der Waals surface area contributed by atoms with Crippen molar-refractivity contribution < 1.29 is 4.74 Å². The van der Waals surface area contributed by atoms with E-state index in [1.807, 2.05) is 7.05 Å². The Morgan fingerprint density at radius 3 is 2.91 bits per heavy atom. The Bertz CT molecular complexity index is 1070. The second kappa shape index (κ2) is 10.3. The highest BCUT2D eigenvalue weighted by Crippen LogP contribution is 2.31. The van der Waals surface area contributed by atoms with Crippen molar-refractivity contribution in [3.8, 4) is 5.75 Å². The van der Waals surface area contributed by atoms with Gasteiger partial charge in [0, 0.05) is 32.2 Å². The molecule has 0 atom stereocenters. The van der Waals surface area contributed by atoms with Gasteiger partial charge in [-0.15, -0.1) is 0 Å². The van der Waals surface area contributed by atoms with E-state index in [4.69, 9.17) is 9.73 Å². The molecule has 0 radical (unpaired) electrons. The third-order valence-corrected chi connectivity index (χ3v) is 5.39. The molecule has 3 N–H and O–H groups in total. The van der Waals surface area contributed by atoms with Crippen molar-refractivity contribution in [1.29, 1.82) is 0 Å². The van der Waals surface area contributed by atoms with Crippen molar-refractivity contribution in [2.75, 3.05) is 31.6 Å². The molecule has 0 amide bonds. The van der Waals surface area contributed by atoms with Crippen molar-refractivity contribution in [3.63, 3.8) is 0 Å². The van der Waals surface area contributed by atoms with E-state index in [-0.39, 0.29) is 0 Å². The maximum atomic E-state index is 6.08. The van der Waals surface area contributed by atoms with Crippen LogP contribution in [0.3, 0.4) is 0 Å². The van der Waals surface area contributed by atoms with Crippen molar-refractivity contribution in [2.24, 2.45) is 18.0 Å². The lowest BCUT2D eigenvalue weighted by Crippen LogP contribution is -2.39.